The zero-order valence-electron chi connectivity index (χ0n) is 18.4. The number of carboxylic acids is 1. The number of carbonyl (C=O) groups is 2. The maximum Gasteiger partial charge on any atom is 0.307 e. The second kappa shape index (κ2) is 8.74. The lowest BCUT2D eigenvalue weighted by Crippen LogP contribution is -2.11. The highest BCUT2D eigenvalue weighted by Crippen LogP contribution is 2.36. The molecular formula is C26H22N4O4. The summed E-state index contributed by atoms with van der Waals surface area (Å²) in [6.45, 7) is 0.600. The number of rotatable bonds is 6. The smallest absolute Gasteiger partial charge is 0.307 e. The summed E-state index contributed by atoms with van der Waals surface area (Å²) in [7, 11) is 1.64. The van der Waals surface area contributed by atoms with Gasteiger partial charge in [-0.3, -0.25) is 14.3 Å². The number of hydrogen-bond donors (Lipinski definition) is 3. The standard InChI is InChI=1S/C26H22N4O4/c1-34-24-14-18(4-5-19(24)15-30-10-2-9-27-30)17-6-7-20-22(13-17)28-21-8-3-16(12-25(31)32)11-23(21)29-26(20)33/h2-11,13-14,28H,12,15H2,1H3,(H,29,33)(H,31,32). The fourth-order valence-corrected chi connectivity index (χ4v) is 4.07. The molecule has 0 fully saturated rings. The molecule has 2 heterocycles. The van der Waals surface area contributed by atoms with E-state index in [4.69, 9.17) is 9.84 Å². The lowest BCUT2D eigenvalue weighted by atomic mass is 10.00. The summed E-state index contributed by atoms with van der Waals surface area (Å²) >= 11 is 0. The third kappa shape index (κ3) is 4.21. The first-order valence-corrected chi connectivity index (χ1v) is 10.7. The maximum absolute atomic E-state index is 12.9. The minimum atomic E-state index is -0.924. The predicted molar refractivity (Wildman–Crippen MR) is 129 cm³/mol. The first-order chi connectivity index (χ1) is 16.5. The lowest BCUT2D eigenvalue weighted by molar-refractivity contribution is -0.136. The van der Waals surface area contributed by atoms with Crippen molar-refractivity contribution < 1.29 is 19.4 Å². The van der Waals surface area contributed by atoms with E-state index in [9.17, 15) is 9.59 Å². The normalized spacial score (nSPS) is 12.1. The summed E-state index contributed by atoms with van der Waals surface area (Å²) in [4.78, 5) is 23.9. The Labute approximate surface area is 195 Å². The van der Waals surface area contributed by atoms with Crippen molar-refractivity contribution in [1.82, 2.24) is 9.78 Å². The molecule has 8 nitrogen and oxygen atoms in total. The van der Waals surface area contributed by atoms with Crippen LogP contribution in [0.3, 0.4) is 0 Å². The van der Waals surface area contributed by atoms with Crippen LogP contribution in [0.4, 0.5) is 17.1 Å². The van der Waals surface area contributed by atoms with Gasteiger partial charge in [-0.15, -0.1) is 0 Å². The zero-order chi connectivity index (χ0) is 23.7. The fourth-order valence-electron chi connectivity index (χ4n) is 4.07. The van der Waals surface area contributed by atoms with Crippen molar-refractivity contribution in [3.8, 4) is 16.9 Å². The zero-order valence-corrected chi connectivity index (χ0v) is 18.4. The number of methoxy groups -OCH3 is 1. The molecule has 0 saturated heterocycles. The molecule has 0 unspecified atom stereocenters. The number of nitrogens with zero attached hydrogens (tertiary/aromatic N) is 2. The molecular weight excluding hydrogens is 432 g/mol. The molecule has 0 bridgehead atoms. The average molecular weight is 454 g/mol. The Balaban J connectivity index is 1.47. The summed E-state index contributed by atoms with van der Waals surface area (Å²) in [6, 6.07) is 18.7. The summed E-state index contributed by atoms with van der Waals surface area (Å²) in [5.41, 5.74) is 5.91. The topological polar surface area (TPSA) is 105 Å². The molecule has 1 aliphatic heterocycles. The number of aromatic nitrogens is 2. The Hall–Kier alpha value is -4.59. The number of carboxylic acid groups (broad SMARTS) is 1. The van der Waals surface area contributed by atoms with Gasteiger partial charge in [0, 0.05) is 18.0 Å². The Morgan fingerprint density at radius 1 is 1.00 bits per heavy atom. The molecule has 0 atom stereocenters. The SMILES string of the molecule is COc1cc(-c2ccc3c(c2)Nc2ccc(CC(=O)O)cc2NC3=O)ccc1Cn1cccn1. The number of ether oxygens (including phenoxy) is 1. The molecule has 0 saturated carbocycles. The van der Waals surface area contributed by atoms with Crippen LogP contribution in [0, 0.1) is 0 Å². The number of hydrogen-bond acceptors (Lipinski definition) is 5. The molecule has 8 heteroatoms. The van der Waals surface area contributed by atoms with E-state index < -0.39 is 5.97 Å². The van der Waals surface area contributed by atoms with Gasteiger partial charge in [-0.05, 0) is 53.1 Å². The van der Waals surface area contributed by atoms with E-state index in [0.29, 0.717) is 34.7 Å². The number of anilines is 3. The van der Waals surface area contributed by atoms with Gasteiger partial charge in [0.1, 0.15) is 5.75 Å². The van der Waals surface area contributed by atoms with Crippen LogP contribution >= 0.6 is 0 Å². The van der Waals surface area contributed by atoms with Crippen molar-refractivity contribution in [2.75, 3.05) is 17.7 Å². The monoisotopic (exact) mass is 454 g/mol. The second-order valence-corrected chi connectivity index (χ2v) is 8.02. The third-order valence-corrected chi connectivity index (χ3v) is 5.73. The average Bonchev–Trinajstić information content (AvgIpc) is 3.29. The highest BCUT2D eigenvalue weighted by atomic mass is 16.5. The summed E-state index contributed by atoms with van der Waals surface area (Å²) < 4.78 is 7.46. The summed E-state index contributed by atoms with van der Waals surface area (Å²) in [6.07, 6.45) is 3.53. The van der Waals surface area contributed by atoms with Gasteiger partial charge in [-0.1, -0.05) is 24.3 Å². The number of fused-ring (bicyclic) bond motifs is 2. The van der Waals surface area contributed by atoms with E-state index in [1.807, 2.05) is 47.3 Å². The van der Waals surface area contributed by atoms with Crippen molar-refractivity contribution in [1.29, 1.82) is 0 Å². The number of nitrogens with one attached hydrogen (secondary N) is 2. The molecule has 4 aromatic rings. The molecule has 1 aromatic heterocycles. The molecule has 170 valence electrons. The van der Waals surface area contributed by atoms with Gasteiger partial charge in [0.2, 0.25) is 0 Å². The van der Waals surface area contributed by atoms with Crippen LogP contribution in [0.5, 0.6) is 5.75 Å². The van der Waals surface area contributed by atoms with Crippen molar-refractivity contribution >= 4 is 28.9 Å². The molecule has 0 spiro atoms. The predicted octanol–water partition coefficient (Wildman–Crippen LogP) is 4.54. The Kier molecular flexibility index (Phi) is 5.47. The van der Waals surface area contributed by atoms with Crippen molar-refractivity contribution in [3.63, 3.8) is 0 Å². The highest BCUT2D eigenvalue weighted by molar-refractivity contribution is 6.12. The van der Waals surface area contributed by atoms with Gasteiger partial charge in [0.05, 0.1) is 42.7 Å². The number of aliphatic carboxylic acids is 1. The fraction of sp³-hybridized carbons (Fsp3) is 0.115. The first kappa shape index (κ1) is 21.3. The van der Waals surface area contributed by atoms with E-state index in [1.54, 1.807) is 37.6 Å². The molecule has 1 aliphatic rings. The van der Waals surface area contributed by atoms with Crippen molar-refractivity contribution in [2.24, 2.45) is 0 Å². The summed E-state index contributed by atoms with van der Waals surface area (Å²) in [5, 5.41) is 19.5. The van der Waals surface area contributed by atoms with Crippen molar-refractivity contribution in [2.45, 2.75) is 13.0 Å². The van der Waals surface area contributed by atoms with Crippen LogP contribution in [-0.2, 0) is 17.8 Å². The summed E-state index contributed by atoms with van der Waals surface area (Å²) in [5.74, 6) is -0.427. The number of carbonyl (C=O) groups excluding carboxylic acids is 1. The quantitative estimate of drug-likeness (QED) is 0.395. The number of amides is 1. The minimum Gasteiger partial charge on any atom is -0.496 e. The molecule has 3 N–H and O–H groups in total. The van der Waals surface area contributed by atoms with E-state index in [-0.39, 0.29) is 12.3 Å². The van der Waals surface area contributed by atoms with Crippen LogP contribution in [0.15, 0.2) is 73.1 Å². The number of benzene rings is 3. The molecule has 5 rings (SSSR count). The van der Waals surface area contributed by atoms with E-state index in [1.165, 1.54) is 0 Å². The Morgan fingerprint density at radius 2 is 1.82 bits per heavy atom. The van der Waals surface area contributed by atoms with Crippen LogP contribution in [0.2, 0.25) is 0 Å². The molecule has 34 heavy (non-hydrogen) atoms. The molecule has 0 radical (unpaired) electrons. The van der Waals surface area contributed by atoms with Gasteiger partial charge < -0.3 is 20.5 Å². The molecule has 1 amide bonds. The van der Waals surface area contributed by atoms with E-state index >= 15 is 0 Å². The van der Waals surface area contributed by atoms with Crippen molar-refractivity contribution in [3.05, 3.63) is 89.7 Å². The minimum absolute atomic E-state index is 0.113. The molecule has 3 aromatic carbocycles. The lowest BCUT2D eigenvalue weighted by Gasteiger charge is -2.13. The maximum atomic E-state index is 12.9. The van der Waals surface area contributed by atoms with E-state index in [0.717, 1.165) is 22.4 Å². The van der Waals surface area contributed by atoms with Crippen LogP contribution in [0.25, 0.3) is 11.1 Å². The van der Waals surface area contributed by atoms with Gasteiger partial charge in [-0.2, -0.15) is 5.10 Å². The largest absolute Gasteiger partial charge is 0.496 e. The van der Waals surface area contributed by atoms with Crippen LogP contribution in [-0.4, -0.2) is 33.9 Å². The van der Waals surface area contributed by atoms with Gasteiger partial charge in [0.25, 0.3) is 5.91 Å². The van der Waals surface area contributed by atoms with Gasteiger partial charge >= 0.3 is 5.97 Å². The highest BCUT2D eigenvalue weighted by Gasteiger charge is 2.20. The van der Waals surface area contributed by atoms with Gasteiger partial charge in [-0.25, -0.2) is 0 Å². The van der Waals surface area contributed by atoms with Crippen LogP contribution < -0.4 is 15.4 Å². The second-order valence-electron chi connectivity index (χ2n) is 8.02. The van der Waals surface area contributed by atoms with Gasteiger partial charge in [0.15, 0.2) is 0 Å². The third-order valence-electron chi connectivity index (χ3n) is 5.73. The Bertz CT molecular complexity index is 1400. The molecule has 0 aliphatic carbocycles. The van der Waals surface area contributed by atoms with Crippen LogP contribution in [0.1, 0.15) is 21.5 Å². The first-order valence-electron chi connectivity index (χ1n) is 10.7. The Morgan fingerprint density at radius 3 is 2.59 bits per heavy atom. The van der Waals surface area contributed by atoms with E-state index in [2.05, 4.69) is 15.7 Å².